The SMILES string of the molecule is O[C@H]1OCC[C@H]1Br. The molecule has 2 nitrogen and oxygen atoms in total. The standard InChI is InChI=1S/C4H7BrO2/c5-3-1-2-7-4(3)6/h3-4,6H,1-2H2/t3-,4+/m1/s1. The molecule has 7 heavy (non-hydrogen) atoms. The third-order valence-corrected chi connectivity index (χ3v) is 1.90. The smallest absolute Gasteiger partial charge is 0.167 e. The van der Waals surface area contributed by atoms with Crippen LogP contribution in [0.1, 0.15) is 6.42 Å². The first-order valence-electron chi connectivity index (χ1n) is 2.24. The summed E-state index contributed by atoms with van der Waals surface area (Å²) in [6, 6.07) is 0. The van der Waals surface area contributed by atoms with Gasteiger partial charge in [0, 0.05) is 0 Å². The molecule has 1 aliphatic heterocycles. The molecule has 1 heterocycles. The van der Waals surface area contributed by atoms with Crippen LogP contribution in [0, 0.1) is 0 Å². The van der Waals surface area contributed by atoms with Crippen LogP contribution in [0.25, 0.3) is 0 Å². The lowest BCUT2D eigenvalue weighted by Gasteiger charge is -2.01. The van der Waals surface area contributed by atoms with Gasteiger partial charge >= 0.3 is 0 Å². The number of aliphatic hydroxyl groups excluding tert-OH is 1. The molecule has 2 atom stereocenters. The molecule has 0 radical (unpaired) electrons. The number of alkyl halides is 1. The highest BCUT2D eigenvalue weighted by Gasteiger charge is 2.22. The average molecular weight is 167 g/mol. The van der Waals surface area contributed by atoms with E-state index in [0.29, 0.717) is 6.61 Å². The van der Waals surface area contributed by atoms with E-state index in [0.717, 1.165) is 6.42 Å². The summed E-state index contributed by atoms with van der Waals surface area (Å²) in [6.07, 6.45) is 0.348. The molecule has 0 aromatic rings. The maximum absolute atomic E-state index is 8.73. The van der Waals surface area contributed by atoms with E-state index in [1.165, 1.54) is 0 Å². The fraction of sp³-hybridized carbons (Fsp3) is 1.00. The second kappa shape index (κ2) is 2.11. The Hall–Kier alpha value is 0.400. The topological polar surface area (TPSA) is 29.5 Å². The van der Waals surface area contributed by atoms with Crippen LogP contribution in [0.5, 0.6) is 0 Å². The third-order valence-electron chi connectivity index (χ3n) is 0.992. The normalized spacial score (nSPS) is 42.0. The Labute approximate surface area is 50.6 Å². The maximum Gasteiger partial charge on any atom is 0.167 e. The largest absolute Gasteiger partial charge is 0.367 e. The second-order valence-electron chi connectivity index (χ2n) is 1.57. The Balaban J connectivity index is 2.33. The minimum atomic E-state index is -0.569. The first-order valence-corrected chi connectivity index (χ1v) is 3.16. The Morgan fingerprint density at radius 2 is 2.43 bits per heavy atom. The molecule has 0 amide bonds. The van der Waals surface area contributed by atoms with Crippen LogP contribution < -0.4 is 0 Å². The number of halogens is 1. The van der Waals surface area contributed by atoms with Gasteiger partial charge in [-0.25, -0.2) is 0 Å². The lowest BCUT2D eigenvalue weighted by atomic mass is 10.4. The molecule has 1 N–H and O–H groups in total. The molecule has 0 unspecified atom stereocenters. The van der Waals surface area contributed by atoms with Gasteiger partial charge in [0.05, 0.1) is 11.4 Å². The summed E-state index contributed by atoms with van der Waals surface area (Å²) in [7, 11) is 0. The van der Waals surface area contributed by atoms with E-state index < -0.39 is 6.29 Å². The summed E-state index contributed by atoms with van der Waals surface area (Å²) in [6.45, 7) is 0.678. The second-order valence-corrected chi connectivity index (χ2v) is 2.74. The van der Waals surface area contributed by atoms with E-state index in [9.17, 15) is 0 Å². The van der Waals surface area contributed by atoms with Gasteiger partial charge < -0.3 is 9.84 Å². The van der Waals surface area contributed by atoms with Crippen molar-refractivity contribution < 1.29 is 9.84 Å². The molecule has 1 saturated heterocycles. The molecule has 0 aliphatic carbocycles. The molecule has 1 aliphatic rings. The predicted octanol–water partition coefficient (Wildman–Crippen LogP) is 0.489. The van der Waals surface area contributed by atoms with Crippen molar-refractivity contribution in [2.45, 2.75) is 17.5 Å². The summed E-state index contributed by atoms with van der Waals surface area (Å²) >= 11 is 3.23. The fourth-order valence-electron chi connectivity index (χ4n) is 0.548. The fourth-order valence-corrected chi connectivity index (χ4v) is 0.888. The summed E-state index contributed by atoms with van der Waals surface area (Å²) < 4.78 is 4.77. The van der Waals surface area contributed by atoms with Crippen molar-refractivity contribution in [1.82, 2.24) is 0 Å². The molecule has 0 spiro atoms. The molecule has 42 valence electrons. The summed E-state index contributed by atoms with van der Waals surface area (Å²) in [5, 5.41) is 8.73. The first kappa shape index (κ1) is 5.54. The van der Waals surface area contributed by atoms with Crippen LogP contribution >= 0.6 is 15.9 Å². The van der Waals surface area contributed by atoms with Gasteiger partial charge in [0.25, 0.3) is 0 Å². The average Bonchev–Trinajstić information content (AvgIpc) is 1.91. The Kier molecular flexibility index (Phi) is 1.67. The van der Waals surface area contributed by atoms with Crippen molar-refractivity contribution in [2.75, 3.05) is 6.61 Å². The first-order chi connectivity index (χ1) is 3.30. The molecule has 0 bridgehead atoms. The predicted molar refractivity (Wildman–Crippen MR) is 29.3 cm³/mol. The minimum absolute atomic E-state index is 0.160. The Morgan fingerprint density at radius 3 is 2.57 bits per heavy atom. The van der Waals surface area contributed by atoms with Gasteiger partial charge in [0.15, 0.2) is 6.29 Å². The maximum atomic E-state index is 8.73. The lowest BCUT2D eigenvalue weighted by molar-refractivity contribution is -0.0553. The monoisotopic (exact) mass is 166 g/mol. The molecular formula is C4H7BrO2. The Morgan fingerprint density at radius 1 is 1.71 bits per heavy atom. The van der Waals surface area contributed by atoms with Crippen LogP contribution in [-0.4, -0.2) is 22.8 Å². The van der Waals surface area contributed by atoms with E-state index in [1.807, 2.05) is 0 Å². The van der Waals surface area contributed by atoms with E-state index in [4.69, 9.17) is 9.84 Å². The van der Waals surface area contributed by atoms with Gasteiger partial charge in [-0.2, -0.15) is 0 Å². The van der Waals surface area contributed by atoms with Crippen LogP contribution in [-0.2, 0) is 4.74 Å². The van der Waals surface area contributed by atoms with Crippen molar-refractivity contribution in [3.8, 4) is 0 Å². The van der Waals surface area contributed by atoms with E-state index in [1.54, 1.807) is 0 Å². The van der Waals surface area contributed by atoms with Crippen molar-refractivity contribution in [3.05, 3.63) is 0 Å². The van der Waals surface area contributed by atoms with Gasteiger partial charge in [-0.3, -0.25) is 0 Å². The summed E-state index contributed by atoms with van der Waals surface area (Å²) in [5.74, 6) is 0. The van der Waals surface area contributed by atoms with E-state index in [2.05, 4.69) is 15.9 Å². The number of hydrogen-bond acceptors (Lipinski definition) is 2. The highest BCUT2D eigenvalue weighted by atomic mass is 79.9. The molecule has 1 rings (SSSR count). The molecule has 3 heteroatoms. The van der Waals surface area contributed by atoms with Gasteiger partial charge in [-0.05, 0) is 6.42 Å². The van der Waals surface area contributed by atoms with Gasteiger partial charge in [0.1, 0.15) is 0 Å². The zero-order valence-corrected chi connectivity index (χ0v) is 5.39. The summed E-state index contributed by atoms with van der Waals surface area (Å²) in [5.41, 5.74) is 0. The Bertz CT molecular complexity index is 58.7. The highest BCUT2D eigenvalue weighted by Crippen LogP contribution is 2.18. The highest BCUT2D eigenvalue weighted by molar-refractivity contribution is 9.09. The van der Waals surface area contributed by atoms with Gasteiger partial charge in [0.2, 0.25) is 0 Å². The van der Waals surface area contributed by atoms with Crippen LogP contribution in [0.3, 0.4) is 0 Å². The molecule has 0 aromatic heterocycles. The van der Waals surface area contributed by atoms with E-state index >= 15 is 0 Å². The molecular weight excluding hydrogens is 160 g/mol. The molecule has 0 aromatic carbocycles. The van der Waals surface area contributed by atoms with Crippen molar-refractivity contribution in [3.63, 3.8) is 0 Å². The van der Waals surface area contributed by atoms with Gasteiger partial charge in [-0.1, -0.05) is 15.9 Å². The van der Waals surface area contributed by atoms with Crippen molar-refractivity contribution in [1.29, 1.82) is 0 Å². The molecule has 1 fully saturated rings. The van der Waals surface area contributed by atoms with Crippen LogP contribution in [0.2, 0.25) is 0 Å². The van der Waals surface area contributed by atoms with Crippen LogP contribution in [0.4, 0.5) is 0 Å². The minimum Gasteiger partial charge on any atom is -0.367 e. The van der Waals surface area contributed by atoms with Crippen molar-refractivity contribution >= 4 is 15.9 Å². The quantitative estimate of drug-likeness (QED) is 0.532. The van der Waals surface area contributed by atoms with E-state index in [-0.39, 0.29) is 4.83 Å². The van der Waals surface area contributed by atoms with Crippen LogP contribution in [0.15, 0.2) is 0 Å². The molecule has 0 saturated carbocycles. The third kappa shape index (κ3) is 1.15. The number of hydrogen-bond donors (Lipinski definition) is 1. The van der Waals surface area contributed by atoms with Crippen molar-refractivity contribution in [2.24, 2.45) is 0 Å². The summed E-state index contributed by atoms with van der Waals surface area (Å²) in [4.78, 5) is 0.160. The number of rotatable bonds is 0. The zero-order chi connectivity index (χ0) is 5.28. The zero-order valence-electron chi connectivity index (χ0n) is 3.80. The number of aliphatic hydroxyl groups is 1. The lowest BCUT2D eigenvalue weighted by Crippen LogP contribution is -2.12. The van der Waals surface area contributed by atoms with Gasteiger partial charge in [-0.15, -0.1) is 0 Å². The number of ether oxygens (including phenoxy) is 1.